The average Bonchev–Trinajstić information content (AvgIpc) is 2.87. The second-order valence-electron chi connectivity index (χ2n) is 8.93. The number of halogens is 2. The first-order chi connectivity index (χ1) is 17.7. The molecule has 1 amide bonds. The summed E-state index contributed by atoms with van der Waals surface area (Å²) in [7, 11) is -4.08. The zero-order chi connectivity index (χ0) is 26.4. The first kappa shape index (κ1) is 27.1. The van der Waals surface area contributed by atoms with E-state index in [0.717, 1.165) is 48.1 Å². The number of carbonyl (C=O) groups excluding carboxylic acids is 1. The minimum atomic E-state index is -4.08. The lowest BCUT2D eigenvalue weighted by molar-refractivity contribution is -0.119. The van der Waals surface area contributed by atoms with Gasteiger partial charge in [-0.05, 0) is 42.8 Å². The maximum Gasteiger partial charge on any atom is 0.264 e. The van der Waals surface area contributed by atoms with Crippen molar-refractivity contribution < 1.29 is 13.2 Å². The first-order valence-corrected chi connectivity index (χ1v) is 14.1. The summed E-state index contributed by atoms with van der Waals surface area (Å²) < 4.78 is 28.0. The molecule has 1 N–H and O–H groups in total. The van der Waals surface area contributed by atoms with Crippen molar-refractivity contribution in [3.8, 4) is 0 Å². The molecule has 0 aromatic heterocycles. The standard InChI is InChI=1S/C27H28Cl2N4O3S/c1-20-7-9-26(10-8-20)37(35,36)33(25-16-22(28)15-23(29)17-25)19-27(34)31-30-24-11-13-32(14-12-24)18-21-5-3-2-4-6-21/h2-10,15-17H,11-14,18-19H2,1H3,(H,31,34). The molecule has 37 heavy (non-hydrogen) atoms. The van der Waals surface area contributed by atoms with Crippen molar-refractivity contribution >= 4 is 50.5 Å². The number of likely N-dealkylation sites (tertiary alicyclic amines) is 1. The smallest absolute Gasteiger partial charge is 0.264 e. The minimum Gasteiger partial charge on any atom is -0.298 e. The molecule has 0 saturated carbocycles. The Hall–Kier alpha value is -2.91. The molecule has 1 heterocycles. The van der Waals surface area contributed by atoms with Crippen LogP contribution in [0.25, 0.3) is 0 Å². The number of amides is 1. The van der Waals surface area contributed by atoms with E-state index in [-0.39, 0.29) is 20.6 Å². The predicted octanol–water partition coefficient (Wildman–Crippen LogP) is 5.27. The van der Waals surface area contributed by atoms with E-state index >= 15 is 0 Å². The summed E-state index contributed by atoms with van der Waals surface area (Å²) in [5.74, 6) is -0.564. The van der Waals surface area contributed by atoms with Crippen LogP contribution in [0.3, 0.4) is 0 Å². The van der Waals surface area contributed by atoms with E-state index in [9.17, 15) is 13.2 Å². The van der Waals surface area contributed by atoms with E-state index in [0.29, 0.717) is 0 Å². The summed E-state index contributed by atoms with van der Waals surface area (Å²) in [6.45, 7) is 3.92. The van der Waals surface area contributed by atoms with Crippen LogP contribution in [-0.2, 0) is 21.4 Å². The van der Waals surface area contributed by atoms with Crippen molar-refractivity contribution in [2.75, 3.05) is 23.9 Å². The van der Waals surface area contributed by atoms with Crippen molar-refractivity contribution in [3.05, 3.63) is 94.0 Å². The molecular weight excluding hydrogens is 531 g/mol. The van der Waals surface area contributed by atoms with E-state index in [1.54, 1.807) is 12.1 Å². The van der Waals surface area contributed by atoms with Gasteiger partial charge in [-0.15, -0.1) is 0 Å². The molecule has 3 aromatic rings. The van der Waals surface area contributed by atoms with Gasteiger partial charge in [0.05, 0.1) is 10.6 Å². The molecule has 3 aromatic carbocycles. The lowest BCUT2D eigenvalue weighted by Gasteiger charge is -2.27. The number of hydrogen-bond acceptors (Lipinski definition) is 5. The fourth-order valence-corrected chi connectivity index (χ4v) is 5.98. The Bertz CT molecular complexity index is 1350. The molecule has 0 aliphatic carbocycles. The number of carbonyl (C=O) groups is 1. The van der Waals surface area contributed by atoms with E-state index in [1.165, 1.54) is 35.9 Å². The molecule has 194 valence electrons. The highest BCUT2D eigenvalue weighted by atomic mass is 35.5. The highest BCUT2D eigenvalue weighted by Gasteiger charge is 2.28. The summed E-state index contributed by atoms with van der Waals surface area (Å²) >= 11 is 12.3. The number of hydrogen-bond donors (Lipinski definition) is 1. The largest absolute Gasteiger partial charge is 0.298 e. The molecule has 4 rings (SSSR count). The SMILES string of the molecule is Cc1ccc(S(=O)(=O)N(CC(=O)NN=C2CCN(Cc3ccccc3)CC2)c2cc(Cl)cc(Cl)c2)cc1. The maximum absolute atomic E-state index is 13.5. The van der Waals surface area contributed by atoms with Gasteiger partial charge in [0.2, 0.25) is 0 Å². The van der Waals surface area contributed by atoms with Gasteiger partial charge in [0.15, 0.2) is 0 Å². The molecule has 1 aliphatic heterocycles. The fourth-order valence-electron chi connectivity index (χ4n) is 4.07. The van der Waals surface area contributed by atoms with Crippen LogP contribution >= 0.6 is 23.2 Å². The van der Waals surface area contributed by atoms with Crippen LogP contribution in [0.5, 0.6) is 0 Å². The number of sulfonamides is 1. The molecule has 1 saturated heterocycles. The van der Waals surface area contributed by atoms with Crippen molar-refractivity contribution in [3.63, 3.8) is 0 Å². The molecule has 0 unspecified atom stereocenters. The van der Waals surface area contributed by atoms with Crippen molar-refractivity contribution in [1.29, 1.82) is 0 Å². The van der Waals surface area contributed by atoms with Crippen LogP contribution in [-0.4, -0.2) is 44.6 Å². The fraction of sp³-hybridized carbons (Fsp3) is 0.259. The Labute approximate surface area is 227 Å². The molecule has 0 bridgehead atoms. The number of rotatable bonds is 8. The van der Waals surface area contributed by atoms with E-state index in [1.807, 2.05) is 25.1 Å². The van der Waals surface area contributed by atoms with Gasteiger partial charge in [0.25, 0.3) is 15.9 Å². The summed E-state index contributed by atoms with van der Waals surface area (Å²) in [6, 6.07) is 21.1. The number of nitrogens with zero attached hydrogens (tertiary/aromatic N) is 3. The number of anilines is 1. The van der Waals surface area contributed by atoms with Crippen molar-refractivity contribution in [2.45, 2.75) is 31.2 Å². The van der Waals surface area contributed by atoms with Gasteiger partial charge in [-0.2, -0.15) is 5.10 Å². The maximum atomic E-state index is 13.5. The average molecular weight is 560 g/mol. The van der Waals surface area contributed by atoms with Gasteiger partial charge in [-0.3, -0.25) is 14.0 Å². The second-order valence-corrected chi connectivity index (χ2v) is 11.7. The molecule has 1 fully saturated rings. The lowest BCUT2D eigenvalue weighted by atomic mass is 10.1. The van der Waals surface area contributed by atoms with Crippen LogP contribution in [0.4, 0.5) is 5.69 Å². The van der Waals surface area contributed by atoms with Crippen LogP contribution in [0, 0.1) is 6.92 Å². The quantitative estimate of drug-likeness (QED) is 0.382. The van der Waals surface area contributed by atoms with Crippen LogP contribution in [0.2, 0.25) is 10.0 Å². The van der Waals surface area contributed by atoms with Crippen LogP contribution in [0.1, 0.15) is 24.0 Å². The van der Waals surface area contributed by atoms with Crippen LogP contribution in [0.15, 0.2) is 82.8 Å². The van der Waals surface area contributed by atoms with Crippen molar-refractivity contribution in [1.82, 2.24) is 10.3 Å². The van der Waals surface area contributed by atoms with E-state index < -0.39 is 22.5 Å². The number of hydrazone groups is 1. The highest BCUT2D eigenvalue weighted by Crippen LogP contribution is 2.29. The third-order valence-corrected chi connectivity index (χ3v) is 8.28. The molecule has 0 radical (unpaired) electrons. The number of piperidine rings is 1. The third-order valence-electron chi connectivity index (χ3n) is 6.05. The zero-order valence-corrected chi connectivity index (χ0v) is 22.7. The van der Waals surface area contributed by atoms with E-state index in [4.69, 9.17) is 23.2 Å². The minimum absolute atomic E-state index is 0.0547. The molecule has 1 aliphatic rings. The van der Waals surface area contributed by atoms with Gasteiger partial charge < -0.3 is 0 Å². The Balaban J connectivity index is 1.45. The Morgan fingerprint density at radius 3 is 2.22 bits per heavy atom. The van der Waals surface area contributed by atoms with Gasteiger partial charge in [0.1, 0.15) is 6.54 Å². The summed E-state index contributed by atoms with van der Waals surface area (Å²) in [5, 5.41) is 4.81. The molecule has 0 spiro atoms. The summed E-state index contributed by atoms with van der Waals surface area (Å²) in [4.78, 5) is 15.3. The highest BCUT2D eigenvalue weighted by molar-refractivity contribution is 7.92. The Kier molecular flexibility index (Phi) is 8.87. The molecule has 10 heteroatoms. The first-order valence-electron chi connectivity index (χ1n) is 11.9. The molecular formula is C27H28Cl2N4O3S. The van der Waals surface area contributed by atoms with Gasteiger partial charge in [-0.25, -0.2) is 13.8 Å². The van der Waals surface area contributed by atoms with Crippen molar-refractivity contribution in [2.24, 2.45) is 5.10 Å². The topological polar surface area (TPSA) is 82.1 Å². The summed E-state index contributed by atoms with van der Waals surface area (Å²) in [5.41, 5.74) is 5.77. The lowest BCUT2D eigenvalue weighted by Crippen LogP contribution is -2.40. The molecule has 0 atom stereocenters. The Morgan fingerprint density at radius 2 is 1.59 bits per heavy atom. The molecule has 7 nitrogen and oxygen atoms in total. The van der Waals surface area contributed by atoms with Crippen LogP contribution < -0.4 is 9.73 Å². The number of aryl methyl sites for hydroxylation is 1. The van der Waals surface area contributed by atoms with E-state index in [2.05, 4.69) is 27.6 Å². The van der Waals surface area contributed by atoms with Gasteiger partial charge in [0, 0.05) is 48.2 Å². The monoisotopic (exact) mass is 558 g/mol. The zero-order valence-electron chi connectivity index (χ0n) is 20.4. The Morgan fingerprint density at radius 1 is 0.973 bits per heavy atom. The predicted molar refractivity (Wildman–Crippen MR) is 149 cm³/mol. The normalized spacial score (nSPS) is 14.3. The second kappa shape index (κ2) is 12.1. The summed E-state index contributed by atoms with van der Waals surface area (Å²) in [6.07, 6.45) is 1.45. The number of benzene rings is 3. The van der Waals surface area contributed by atoms with Gasteiger partial charge >= 0.3 is 0 Å². The number of nitrogens with one attached hydrogen (secondary N) is 1. The van der Waals surface area contributed by atoms with Gasteiger partial charge in [-0.1, -0.05) is 71.2 Å². The third kappa shape index (κ3) is 7.32.